The molecule has 0 heterocycles. The van der Waals surface area contributed by atoms with Gasteiger partial charge in [0.05, 0.1) is 24.8 Å². The molecule has 29 heavy (non-hydrogen) atoms. The fraction of sp³-hybridized carbons (Fsp3) is 0.368. The zero-order valence-electron chi connectivity index (χ0n) is 15.9. The first-order valence-electron chi connectivity index (χ1n) is 8.26. The minimum absolute atomic E-state index is 0.0898. The minimum Gasteiger partial charge on any atom is -0.438 e. The number of ether oxygens (including phenoxy) is 4. The second kappa shape index (κ2) is 8.77. The van der Waals surface area contributed by atoms with Crippen LogP contribution in [-0.4, -0.2) is 32.6 Å². The van der Waals surface area contributed by atoms with Gasteiger partial charge in [-0.25, -0.2) is 9.59 Å². The van der Waals surface area contributed by atoms with Gasteiger partial charge in [-0.3, -0.25) is 0 Å². The Hall–Kier alpha value is -2.68. The van der Waals surface area contributed by atoms with Gasteiger partial charge in [-0.2, -0.15) is 13.2 Å². The van der Waals surface area contributed by atoms with Crippen molar-refractivity contribution < 1.29 is 41.7 Å². The third-order valence-electron chi connectivity index (χ3n) is 4.32. The van der Waals surface area contributed by atoms with E-state index in [2.05, 4.69) is 9.47 Å². The predicted molar refractivity (Wildman–Crippen MR) is 96.4 cm³/mol. The van der Waals surface area contributed by atoms with Gasteiger partial charge in [0, 0.05) is 11.5 Å². The summed E-state index contributed by atoms with van der Waals surface area (Å²) in [5, 5.41) is -0.454. The molecule has 2 unspecified atom stereocenters. The van der Waals surface area contributed by atoms with Gasteiger partial charge in [-0.1, -0.05) is 23.7 Å². The van der Waals surface area contributed by atoms with Crippen LogP contribution in [0.1, 0.15) is 30.9 Å². The molecule has 0 aromatic heterocycles. The minimum atomic E-state index is -4.66. The maximum absolute atomic E-state index is 13.3. The van der Waals surface area contributed by atoms with Gasteiger partial charge in [0.2, 0.25) is 0 Å². The number of benzene rings is 1. The average Bonchev–Trinajstić information content (AvgIpc) is 2.66. The van der Waals surface area contributed by atoms with Crippen LogP contribution in [0.4, 0.5) is 22.8 Å². The number of rotatable bonds is 3. The average molecular weight is 435 g/mol. The normalized spacial score (nSPS) is 19.4. The lowest BCUT2D eigenvalue weighted by atomic mass is 9.82. The molecule has 0 aliphatic heterocycles. The van der Waals surface area contributed by atoms with Crippen LogP contribution in [0.25, 0.3) is 0 Å². The predicted octanol–water partition coefficient (Wildman–Crippen LogP) is 5.61. The van der Waals surface area contributed by atoms with Crippen molar-refractivity contribution in [3.63, 3.8) is 0 Å². The number of hydrogen-bond acceptors (Lipinski definition) is 6. The molecule has 0 saturated heterocycles. The maximum Gasteiger partial charge on any atom is 0.513 e. The van der Waals surface area contributed by atoms with E-state index in [-0.39, 0.29) is 11.3 Å². The van der Waals surface area contributed by atoms with Crippen LogP contribution in [0.5, 0.6) is 0 Å². The van der Waals surface area contributed by atoms with Crippen molar-refractivity contribution >= 4 is 23.9 Å². The highest BCUT2D eigenvalue weighted by atomic mass is 35.5. The summed E-state index contributed by atoms with van der Waals surface area (Å²) in [4.78, 5) is 23.3. The molecule has 0 radical (unpaired) electrons. The SMILES string of the molecule is COC(=O)OC1=C(C)C(OC(=O)OC)C(c2ccc(Cl)c(C(F)(F)F)c2)C=C1C. The summed E-state index contributed by atoms with van der Waals surface area (Å²) < 4.78 is 59.2. The van der Waals surface area contributed by atoms with Crippen LogP contribution in [0.2, 0.25) is 5.02 Å². The number of carbonyl (C=O) groups excluding carboxylic acids is 2. The molecular formula is C19H18ClF3O6. The summed E-state index contributed by atoms with van der Waals surface area (Å²) in [6.07, 6.45) is -6.26. The Kier molecular flexibility index (Phi) is 6.84. The van der Waals surface area contributed by atoms with Crippen LogP contribution in [0, 0.1) is 0 Å². The lowest BCUT2D eigenvalue weighted by molar-refractivity contribution is -0.137. The van der Waals surface area contributed by atoms with Gasteiger partial charge in [0.15, 0.2) is 0 Å². The van der Waals surface area contributed by atoms with Crippen LogP contribution in [0.3, 0.4) is 0 Å². The molecule has 1 aliphatic rings. The lowest BCUT2D eigenvalue weighted by Gasteiger charge is -2.31. The summed E-state index contributed by atoms with van der Waals surface area (Å²) in [5.74, 6) is -0.718. The van der Waals surface area contributed by atoms with Crippen molar-refractivity contribution in [1.29, 1.82) is 0 Å². The lowest BCUT2D eigenvalue weighted by Crippen LogP contribution is -2.30. The number of methoxy groups -OCH3 is 2. The highest BCUT2D eigenvalue weighted by Gasteiger charge is 2.38. The van der Waals surface area contributed by atoms with Crippen molar-refractivity contribution in [2.75, 3.05) is 14.2 Å². The first kappa shape index (κ1) is 22.6. The first-order chi connectivity index (χ1) is 13.5. The maximum atomic E-state index is 13.3. The monoisotopic (exact) mass is 434 g/mol. The number of alkyl halides is 3. The number of halogens is 4. The molecule has 0 fully saturated rings. The molecule has 1 aliphatic carbocycles. The molecule has 10 heteroatoms. The van der Waals surface area contributed by atoms with Crippen molar-refractivity contribution in [1.82, 2.24) is 0 Å². The highest BCUT2D eigenvalue weighted by Crippen LogP contribution is 2.41. The fourth-order valence-electron chi connectivity index (χ4n) is 2.98. The Balaban J connectivity index is 2.56. The molecule has 6 nitrogen and oxygen atoms in total. The van der Waals surface area contributed by atoms with E-state index in [1.54, 1.807) is 6.92 Å². The highest BCUT2D eigenvalue weighted by molar-refractivity contribution is 6.31. The zero-order chi connectivity index (χ0) is 21.9. The summed E-state index contributed by atoms with van der Waals surface area (Å²) in [5.41, 5.74) is -0.0651. The third-order valence-corrected chi connectivity index (χ3v) is 4.65. The molecule has 0 amide bonds. The smallest absolute Gasteiger partial charge is 0.438 e. The summed E-state index contributed by atoms with van der Waals surface area (Å²) >= 11 is 5.70. The van der Waals surface area contributed by atoms with E-state index >= 15 is 0 Å². The number of allylic oxidation sites excluding steroid dienone is 1. The van der Waals surface area contributed by atoms with Crippen molar-refractivity contribution in [2.24, 2.45) is 0 Å². The van der Waals surface area contributed by atoms with E-state index < -0.39 is 41.1 Å². The van der Waals surface area contributed by atoms with Crippen LogP contribution < -0.4 is 0 Å². The molecule has 2 rings (SSSR count). The molecule has 0 saturated carbocycles. The molecule has 1 aromatic rings. The van der Waals surface area contributed by atoms with Gasteiger partial charge >= 0.3 is 18.5 Å². The van der Waals surface area contributed by atoms with E-state index in [1.165, 1.54) is 19.1 Å². The summed E-state index contributed by atoms with van der Waals surface area (Å²) in [7, 11) is 2.22. The van der Waals surface area contributed by atoms with Crippen LogP contribution in [0.15, 0.2) is 41.2 Å². The number of carbonyl (C=O) groups is 2. The Labute approximate surface area is 169 Å². The standard InChI is InChI=1S/C19H18ClF3O6/c1-9-7-12(11-5-6-14(20)13(8-11)19(21,22)23)16(29-18(25)27-4)10(2)15(9)28-17(24)26-3/h5-8,12,16H,1-4H3. The van der Waals surface area contributed by atoms with Crippen LogP contribution >= 0.6 is 11.6 Å². The molecule has 2 atom stereocenters. The topological polar surface area (TPSA) is 71.1 Å². The van der Waals surface area contributed by atoms with Crippen molar-refractivity contribution in [2.45, 2.75) is 32.0 Å². The van der Waals surface area contributed by atoms with Crippen LogP contribution in [-0.2, 0) is 25.1 Å². The molecule has 0 bridgehead atoms. The van der Waals surface area contributed by atoms with E-state index in [0.717, 1.165) is 26.4 Å². The largest absolute Gasteiger partial charge is 0.513 e. The van der Waals surface area contributed by atoms with E-state index in [9.17, 15) is 22.8 Å². The Morgan fingerprint density at radius 1 is 1.07 bits per heavy atom. The first-order valence-corrected chi connectivity index (χ1v) is 8.64. The molecule has 0 spiro atoms. The molecule has 158 valence electrons. The summed E-state index contributed by atoms with van der Waals surface area (Å²) in [6, 6.07) is 3.42. The second-order valence-electron chi connectivity index (χ2n) is 6.17. The van der Waals surface area contributed by atoms with Crippen molar-refractivity contribution in [3.05, 3.63) is 57.3 Å². The van der Waals surface area contributed by atoms with E-state index in [1.807, 2.05) is 0 Å². The zero-order valence-corrected chi connectivity index (χ0v) is 16.7. The molecular weight excluding hydrogens is 417 g/mol. The Morgan fingerprint density at radius 2 is 1.69 bits per heavy atom. The van der Waals surface area contributed by atoms with E-state index in [0.29, 0.717) is 11.1 Å². The quantitative estimate of drug-likeness (QED) is 0.576. The summed E-state index contributed by atoms with van der Waals surface area (Å²) in [6.45, 7) is 3.12. The van der Waals surface area contributed by atoms with Gasteiger partial charge in [-0.05, 0) is 37.1 Å². The van der Waals surface area contributed by atoms with E-state index in [4.69, 9.17) is 21.1 Å². The van der Waals surface area contributed by atoms with Gasteiger partial charge in [-0.15, -0.1) is 0 Å². The van der Waals surface area contributed by atoms with Gasteiger partial charge in [0.25, 0.3) is 0 Å². The number of hydrogen-bond donors (Lipinski definition) is 0. The third kappa shape index (κ3) is 5.03. The Morgan fingerprint density at radius 3 is 2.24 bits per heavy atom. The molecule has 1 aromatic carbocycles. The Bertz CT molecular complexity index is 875. The van der Waals surface area contributed by atoms with Crippen molar-refractivity contribution in [3.8, 4) is 0 Å². The van der Waals surface area contributed by atoms with Gasteiger partial charge < -0.3 is 18.9 Å². The van der Waals surface area contributed by atoms with Gasteiger partial charge in [0.1, 0.15) is 11.9 Å². The fourth-order valence-corrected chi connectivity index (χ4v) is 3.20. The molecule has 0 N–H and O–H groups in total. The second-order valence-corrected chi connectivity index (χ2v) is 6.58.